The molecule has 2 rings (SSSR count). The first-order chi connectivity index (χ1) is 9.97. The van der Waals surface area contributed by atoms with Crippen molar-refractivity contribution < 1.29 is 14.7 Å². The summed E-state index contributed by atoms with van der Waals surface area (Å²) in [5.74, 6) is -0.712. The summed E-state index contributed by atoms with van der Waals surface area (Å²) in [4.78, 5) is 23.2. The molecule has 1 N–H and O–H groups in total. The van der Waals surface area contributed by atoms with Crippen LogP contribution in [0.3, 0.4) is 0 Å². The normalized spacial score (nSPS) is 19.0. The molecule has 3 nitrogen and oxygen atoms in total. The molecule has 110 valence electrons. The number of carboxylic acids is 1. The molecule has 1 aliphatic carbocycles. The second-order valence-corrected chi connectivity index (χ2v) is 5.70. The first-order valence-corrected chi connectivity index (χ1v) is 7.22. The minimum Gasteiger partial charge on any atom is -0.481 e. The number of aliphatic carboxylic acids is 1. The summed E-state index contributed by atoms with van der Waals surface area (Å²) in [7, 11) is 0. The summed E-state index contributed by atoms with van der Waals surface area (Å²) in [6.45, 7) is 3.80. The number of allylic oxidation sites excluding steroid dienone is 4. The van der Waals surface area contributed by atoms with Crippen molar-refractivity contribution >= 4 is 11.8 Å². The predicted molar refractivity (Wildman–Crippen MR) is 82.3 cm³/mol. The first-order valence-electron chi connectivity index (χ1n) is 7.22. The molecule has 1 aliphatic rings. The Balaban J connectivity index is 2.07. The Kier molecular flexibility index (Phi) is 4.73. The molecule has 0 amide bonds. The molecule has 0 bridgehead atoms. The monoisotopic (exact) mass is 284 g/mol. The summed E-state index contributed by atoms with van der Waals surface area (Å²) in [6, 6.07) is 7.22. The summed E-state index contributed by atoms with van der Waals surface area (Å²) in [6.07, 6.45) is 7.29. The summed E-state index contributed by atoms with van der Waals surface area (Å²) < 4.78 is 0. The standard InChI is InChI=1S/C18H20O3/c1-12-3-7-15(8-4-12)17(19)16-9-5-14(6-10-16)11-13(2)18(20)21/h3,5-10,12-13H,4,11H2,1-2H3,(H,20,21). The molecule has 21 heavy (non-hydrogen) atoms. The maximum absolute atomic E-state index is 12.3. The highest BCUT2D eigenvalue weighted by Crippen LogP contribution is 2.20. The van der Waals surface area contributed by atoms with Crippen LogP contribution in [-0.2, 0) is 11.2 Å². The second-order valence-electron chi connectivity index (χ2n) is 5.70. The molecule has 0 fully saturated rings. The van der Waals surface area contributed by atoms with E-state index in [-0.39, 0.29) is 5.78 Å². The van der Waals surface area contributed by atoms with Gasteiger partial charge in [-0.15, -0.1) is 0 Å². The molecular weight excluding hydrogens is 264 g/mol. The molecule has 0 heterocycles. The van der Waals surface area contributed by atoms with Crippen LogP contribution >= 0.6 is 0 Å². The molecule has 0 aromatic heterocycles. The fourth-order valence-electron chi connectivity index (χ4n) is 2.30. The number of rotatable bonds is 5. The van der Waals surface area contributed by atoms with Crippen molar-refractivity contribution in [1.82, 2.24) is 0 Å². The zero-order valence-electron chi connectivity index (χ0n) is 12.4. The molecule has 0 spiro atoms. The van der Waals surface area contributed by atoms with Gasteiger partial charge in [-0.2, -0.15) is 0 Å². The van der Waals surface area contributed by atoms with Crippen molar-refractivity contribution in [3.05, 3.63) is 59.2 Å². The van der Waals surface area contributed by atoms with Gasteiger partial charge in [0.1, 0.15) is 0 Å². The number of hydrogen-bond donors (Lipinski definition) is 1. The summed E-state index contributed by atoms with van der Waals surface area (Å²) >= 11 is 0. The highest BCUT2D eigenvalue weighted by molar-refractivity contribution is 6.10. The van der Waals surface area contributed by atoms with Gasteiger partial charge in [0.05, 0.1) is 5.92 Å². The molecule has 2 unspecified atom stereocenters. The van der Waals surface area contributed by atoms with Crippen molar-refractivity contribution in [2.45, 2.75) is 26.7 Å². The van der Waals surface area contributed by atoms with Gasteiger partial charge in [-0.1, -0.05) is 56.3 Å². The van der Waals surface area contributed by atoms with Crippen LogP contribution in [0.25, 0.3) is 0 Å². The molecule has 1 aromatic carbocycles. The summed E-state index contributed by atoms with van der Waals surface area (Å²) in [5, 5.41) is 8.91. The lowest BCUT2D eigenvalue weighted by Gasteiger charge is -2.11. The smallest absolute Gasteiger partial charge is 0.306 e. The largest absolute Gasteiger partial charge is 0.481 e. The molecule has 0 aliphatic heterocycles. The van der Waals surface area contributed by atoms with E-state index >= 15 is 0 Å². The van der Waals surface area contributed by atoms with E-state index in [0.29, 0.717) is 17.9 Å². The Morgan fingerprint density at radius 1 is 1.29 bits per heavy atom. The van der Waals surface area contributed by atoms with Crippen LogP contribution in [0.4, 0.5) is 0 Å². The van der Waals surface area contributed by atoms with Crippen LogP contribution in [0.5, 0.6) is 0 Å². The van der Waals surface area contributed by atoms with Crippen molar-refractivity contribution in [2.75, 3.05) is 0 Å². The lowest BCUT2D eigenvalue weighted by atomic mass is 9.93. The number of carbonyl (C=O) groups is 2. The van der Waals surface area contributed by atoms with E-state index in [4.69, 9.17) is 5.11 Å². The molecule has 0 saturated heterocycles. The van der Waals surface area contributed by atoms with Crippen LogP contribution < -0.4 is 0 Å². The van der Waals surface area contributed by atoms with Gasteiger partial charge in [-0.05, 0) is 24.3 Å². The van der Waals surface area contributed by atoms with Gasteiger partial charge < -0.3 is 5.11 Å². The number of carbonyl (C=O) groups excluding carboxylic acids is 1. The lowest BCUT2D eigenvalue weighted by Crippen LogP contribution is -2.12. The Bertz CT molecular complexity index is 593. The third-order valence-corrected chi connectivity index (χ3v) is 3.76. The minimum atomic E-state index is -0.804. The number of hydrogen-bond acceptors (Lipinski definition) is 2. The van der Waals surface area contributed by atoms with Gasteiger partial charge in [-0.3, -0.25) is 9.59 Å². The highest BCUT2D eigenvalue weighted by atomic mass is 16.4. The third kappa shape index (κ3) is 3.91. The number of carboxylic acid groups (broad SMARTS) is 1. The van der Waals surface area contributed by atoms with Crippen LogP contribution in [0, 0.1) is 11.8 Å². The average molecular weight is 284 g/mol. The van der Waals surface area contributed by atoms with Crippen LogP contribution in [0.2, 0.25) is 0 Å². The van der Waals surface area contributed by atoms with Crippen molar-refractivity contribution in [2.24, 2.45) is 11.8 Å². The molecule has 0 saturated carbocycles. The quantitative estimate of drug-likeness (QED) is 0.840. The van der Waals surface area contributed by atoms with E-state index in [0.717, 1.165) is 17.6 Å². The van der Waals surface area contributed by atoms with Gasteiger partial charge in [0.15, 0.2) is 5.78 Å². The summed E-state index contributed by atoms with van der Waals surface area (Å²) in [5.41, 5.74) is 2.31. The van der Waals surface area contributed by atoms with Gasteiger partial charge in [0.25, 0.3) is 0 Å². The van der Waals surface area contributed by atoms with E-state index in [9.17, 15) is 9.59 Å². The van der Waals surface area contributed by atoms with Gasteiger partial charge in [-0.25, -0.2) is 0 Å². The maximum Gasteiger partial charge on any atom is 0.306 e. The Morgan fingerprint density at radius 3 is 2.48 bits per heavy atom. The van der Waals surface area contributed by atoms with Gasteiger partial charge in [0.2, 0.25) is 0 Å². The van der Waals surface area contributed by atoms with Gasteiger partial charge >= 0.3 is 5.97 Å². The first kappa shape index (κ1) is 15.2. The zero-order chi connectivity index (χ0) is 15.4. The third-order valence-electron chi connectivity index (χ3n) is 3.76. The van der Waals surface area contributed by atoms with E-state index in [1.54, 1.807) is 19.1 Å². The van der Waals surface area contributed by atoms with Crippen molar-refractivity contribution in [1.29, 1.82) is 0 Å². The number of benzene rings is 1. The number of ketones is 1. The van der Waals surface area contributed by atoms with Crippen LogP contribution in [-0.4, -0.2) is 16.9 Å². The Morgan fingerprint density at radius 2 is 1.95 bits per heavy atom. The molecule has 1 aromatic rings. The van der Waals surface area contributed by atoms with Gasteiger partial charge in [0, 0.05) is 11.1 Å². The SMILES string of the molecule is CC1C=CC(C(=O)c2ccc(CC(C)C(=O)O)cc2)=CC1. The Hall–Kier alpha value is -2.16. The van der Waals surface area contributed by atoms with Crippen LogP contribution in [0.1, 0.15) is 36.2 Å². The van der Waals surface area contributed by atoms with Crippen molar-refractivity contribution in [3.63, 3.8) is 0 Å². The topological polar surface area (TPSA) is 54.4 Å². The minimum absolute atomic E-state index is 0.0241. The fraction of sp³-hybridized carbons (Fsp3) is 0.333. The van der Waals surface area contributed by atoms with E-state index < -0.39 is 11.9 Å². The molecule has 0 radical (unpaired) electrons. The predicted octanol–water partition coefficient (Wildman–Crippen LogP) is 3.65. The van der Waals surface area contributed by atoms with Crippen molar-refractivity contribution in [3.8, 4) is 0 Å². The fourth-order valence-corrected chi connectivity index (χ4v) is 2.30. The van der Waals surface area contributed by atoms with Crippen LogP contribution in [0.15, 0.2) is 48.1 Å². The van der Waals surface area contributed by atoms with E-state index in [2.05, 4.69) is 13.0 Å². The van der Waals surface area contributed by atoms with E-state index in [1.165, 1.54) is 0 Å². The zero-order valence-corrected chi connectivity index (χ0v) is 12.4. The highest BCUT2D eigenvalue weighted by Gasteiger charge is 2.15. The maximum atomic E-state index is 12.3. The molecule has 2 atom stereocenters. The second kappa shape index (κ2) is 6.53. The Labute approximate surface area is 125 Å². The van der Waals surface area contributed by atoms with E-state index in [1.807, 2.05) is 24.3 Å². The molecule has 3 heteroatoms. The number of Topliss-reactive ketones (excluding diaryl/α,β-unsaturated/α-hetero) is 1. The molecular formula is C18H20O3. The average Bonchev–Trinajstić information content (AvgIpc) is 2.48. The lowest BCUT2D eigenvalue weighted by molar-refractivity contribution is -0.141.